The Morgan fingerprint density at radius 1 is 1.27 bits per heavy atom. The maximum atomic E-state index is 12.4. The first-order valence-corrected chi connectivity index (χ1v) is 11.6. The summed E-state index contributed by atoms with van der Waals surface area (Å²) in [5.74, 6) is -0.581. The number of amides is 2. The van der Waals surface area contributed by atoms with Gasteiger partial charge in [-0.1, -0.05) is 25.1 Å². The Balaban J connectivity index is 1.68. The van der Waals surface area contributed by atoms with Crippen LogP contribution in [0.3, 0.4) is 0 Å². The van der Waals surface area contributed by atoms with E-state index in [1.165, 1.54) is 16.8 Å². The van der Waals surface area contributed by atoms with Crippen LogP contribution in [0.5, 0.6) is 0 Å². The zero-order valence-electron chi connectivity index (χ0n) is 17.3. The van der Waals surface area contributed by atoms with Gasteiger partial charge in [0.1, 0.15) is 5.82 Å². The molecule has 1 fully saturated rings. The predicted octanol–water partition coefficient (Wildman–Crippen LogP) is 1.58. The molecule has 10 heteroatoms. The number of hydrogen-bond donors (Lipinski definition) is 3. The molecule has 2 heterocycles. The van der Waals surface area contributed by atoms with Gasteiger partial charge in [-0.2, -0.15) is 5.10 Å². The molecular weight excluding hydrogens is 406 g/mol. The van der Waals surface area contributed by atoms with Crippen LogP contribution in [0.15, 0.2) is 41.3 Å². The van der Waals surface area contributed by atoms with Crippen molar-refractivity contribution in [3.8, 4) is 0 Å². The maximum Gasteiger partial charge on any atom is 0.227 e. The van der Waals surface area contributed by atoms with Crippen molar-refractivity contribution in [1.29, 1.82) is 0 Å². The average molecular weight is 434 g/mol. The normalized spacial score (nSPS) is 21.8. The summed E-state index contributed by atoms with van der Waals surface area (Å²) >= 11 is 0. The molecule has 162 valence electrons. The van der Waals surface area contributed by atoms with Crippen LogP contribution in [0.4, 0.5) is 5.82 Å². The minimum atomic E-state index is -3.55. The van der Waals surface area contributed by atoms with Crippen LogP contribution < -0.4 is 16.0 Å². The van der Waals surface area contributed by atoms with Crippen LogP contribution in [0.2, 0.25) is 0 Å². The van der Waals surface area contributed by atoms with E-state index in [9.17, 15) is 18.0 Å². The fourth-order valence-corrected chi connectivity index (χ4v) is 4.79. The van der Waals surface area contributed by atoms with Crippen LogP contribution in [0.1, 0.15) is 38.7 Å². The van der Waals surface area contributed by atoms with Crippen molar-refractivity contribution in [2.45, 2.75) is 50.8 Å². The molecule has 3 atom stereocenters. The third-order valence-corrected chi connectivity index (χ3v) is 6.88. The lowest BCUT2D eigenvalue weighted by Gasteiger charge is -2.35. The minimum absolute atomic E-state index is 0.0576. The van der Waals surface area contributed by atoms with E-state index in [0.29, 0.717) is 17.9 Å². The van der Waals surface area contributed by atoms with Gasteiger partial charge in [-0.15, -0.1) is 0 Å². The van der Waals surface area contributed by atoms with Gasteiger partial charge in [0.15, 0.2) is 16.1 Å². The van der Waals surface area contributed by atoms with E-state index in [-0.39, 0.29) is 34.9 Å². The third-order valence-electron chi connectivity index (χ3n) is 5.15. The first kappa shape index (κ1) is 22.0. The van der Waals surface area contributed by atoms with Gasteiger partial charge in [0, 0.05) is 18.5 Å². The molecule has 2 aromatic rings. The summed E-state index contributed by atoms with van der Waals surface area (Å²) in [7, 11) is -3.55. The fourth-order valence-electron chi connectivity index (χ4n) is 3.53. The van der Waals surface area contributed by atoms with Gasteiger partial charge in [0.25, 0.3) is 0 Å². The zero-order chi connectivity index (χ0) is 21.9. The second kappa shape index (κ2) is 8.97. The molecule has 0 radical (unpaired) electrons. The highest BCUT2D eigenvalue weighted by atomic mass is 32.2. The van der Waals surface area contributed by atoms with Gasteiger partial charge < -0.3 is 10.6 Å². The zero-order valence-corrected chi connectivity index (χ0v) is 18.1. The van der Waals surface area contributed by atoms with E-state index in [4.69, 9.17) is 0 Å². The lowest BCUT2D eigenvalue weighted by Crippen LogP contribution is -2.57. The van der Waals surface area contributed by atoms with Gasteiger partial charge in [0.05, 0.1) is 22.3 Å². The highest BCUT2D eigenvalue weighted by Gasteiger charge is 2.34. The van der Waals surface area contributed by atoms with Crippen molar-refractivity contribution in [3.63, 3.8) is 0 Å². The number of hydrogen-bond acceptors (Lipinski definition) is 6. The van der Waals surface area contributed by atoms with E-state index in [2.05, 4.69) is 21.0 Å². The Kier molecular flexibility index (Phi) is 6.57. The Bertz CT molecular complexity index is 1020. The Hall–Kier alpha value is -2.72. The standard InChI is InChI=1S/C20H27N5O4S/c1-4-16-14(3)21-20(23-19(16)27)25-17(12-13(2)24-25)22-18(26)10-11-30(28,29)15-8-6-5-7-9-15/h5-9,12,14,16,20-21H,4,10-11H2,1-3H3,(H,22,26)(H,23,27). The Morgan fingerprint density at radius 2 is 1.97 bits per heavy atom. The summed E-state index contributed by atoms with van der Waals surface area (Å²) < 4.78 is 26.3. The highest BCUT2D eigenvalue weighted by molar-refractivity contribution is 7.91. The number of sulfone groups is 1. The van der Waals surface area contributed by atoms with E-state index < -0.39 is 22.0 Å². The van der Waals surface area contributed by atoms with Crippen LogP contribution >= 0.6 is 0 Å². The van der Waals surface area contributed by atoms with Crippen molar-refractivity contribution < 1.29 is 18.0 Å². The molecule has 1 aromatic heterocycles. The van der Waals surface area contributed by atoms with Crippen LogP contribution in [0.25, 0.3) is 0 Å². The predicted molar refractivity (Wildman–Crippen MR) is 112 cm³/mol. The number of nitrogens with zero attached hydrogens (tertiary/aromatic N) is 2. The second-order valence-electron chi connectivity index (χ2n) is 7.43. The maximum absolute atomic E-state index is 12.4. The molecule has 0 saturated carbocycles. The Morgan fingerprint density at radius 3 is 2.60 bits per heavy atom. The molecule has 2 amide bonds. The van der Waals surface area contributed by atoms with Crippen molar-refractivity contribution in [2.24, 2.45) is 5.92 Å². The number of rotatable bonds is 7. The number of carbonyl (C=O) groups is 2. The number of carbonyl (C=O) groups excluding carboxylic acids is 2. The smallest absolute Gasteiger partial charge is 0.227 e. The SMILES string of the molecule is CCC1C(=O)NC(n2nc(C)cc2NC(=O)CCS(=O)(=O)c2ccccc2)NC1C. The van der Waals surface area contributed by atoms with Gasteiger partial charge in [-0.3, -0.25) is 14.9 Å². The lowest BCUT2D eigenvalue weighted by molar-refractivity contribution is -0.130. The molecule has 3 rings (SSSR count). The second-order valence-corrected chi connectivity index (χ2v) is 9.54. The summed E-state index contributed by atoms with van der Waals surface area (Å²) in [6, 6.07) is 9.65. The molecule has 9 nitrogen and oxygen atoms in total. The van der Waals surface area contributed by atoms with E-state index in [1.54, 1.807) is 31.2 Å². The van der Waals surface area contributed by atoms with Crippen molar-refractivity contribution in [1.82, 2.24) is 20.4 Å². The topological polar surface area (TPSA) is 122 Å². The van der Waals surface area contributed by atoms with Gasteiger partial charge >= 0.3 is 0 Å². The van der Waals surface area contributed by atoms with Gasteiger partial charge in [0.2, 0.25) is 11.8 Å². The van der Waals surface area contributed by atoms with Crippen molar-refractivity contribution >= 4 is 27.5 Å². The summed E-state index contributed by atoms with van der Waals surface area (Å²) in [4.78, 5) is 25.0. The molecule has 1 aliphatic rings. The molecule has 30 heavy (non-hydrogen) atoms. The van der Waals surface area contributed by atoms with Gasteiger partial charge in [-0.25, -0.2) is 13.1 Å². The van der Waals surface area contributed by atoms with E-state index in [0.717, 1.165) is 0 Å². The molecule has 1 saturated heterocycles. The first-order chi connectivity index (χ1) is 14.2. The third kappa shape index (κ3) is 4.88. The van der Waals surface area contributed by atoms with Gasteiger partial charge in [-0.05, 0) is 32.4 Å². The monoisotopic (exact) mass is 433 g/mol. The number of aromatic nitrogens is 2. The average Bonchev–Trinajstić information content (AvgIpc) is 3.07. The molecule has 1 aliphatic heterocycles. The summed E-state index contributed by atoms with van der Waals surface area (Å²) in [5.41, 5.74) is 0.656. The summed E-state index contributed by atoms with van der Waals surface area (Å²) in [6.45, 7) is 5.66. The van der Waals surface area contributed by atoms with Crippen LogP contribution in [0, 0.1) is 12.8 Å². The molecule has 0 bridgehead atoms. The number of nitrogens with one attached hydrogen (secondary N) is 3. The molecule has 1 aromatic carbocycles. The largest absolute Gasteiger partial charge is 0.322 e. The minimum Gasteiger partial charge on any atom is -0.322 e. The van der Waals surface area contributed by atoms with Crippen LogP contribution in [-0.2, 0) is 19.4 Å². The number of benzene rings is 1. The Labute approximate surface area is 176 Å². The summed E-state index contributed by atoms with van der Waals surface area (Å²) in [5, 5.41) is 13.2. The molecular formula is C20H27N5O4S. The molecule has 3 unspecified atom stereocenters. The van der Waals surface area contributed by atoms with Crippen LogP contribution in [-0.4, -0.2) is 41.8 Å². The molecule has 0 spiro atoms. The quantitative estimate of drug-likeness (QED) is 0.609. The number of anilines is 1. The van der Waals surface area contributed by atoms with Crippen molar-refractivity contribution in [3.05, 3.63) is 42.1 Å². The van der Waals surface area contributed by atoms with Crippen molar-refractivity contribution in [2.75, 3.05) is 11.1 Å². The van der Waals surface area contributed by atoms with E-state index >= 15 is 0 Å². The fraction of sp³-hybridized carbons (Fsp3) is 0.450. The number of aryl methyl sites for hydroxylation is 1. The molecule has 0 aliphatic carbocycles. The van der Waals surface area contributed by atoms with E-state index in [1.807, 2.05) is 13.8 Å². The first-order valence-electron chi connectivity index (χ1n) is 9.91. The summed E-state index contributed by atoms with van der Waals surface area (Å²) in [6.07, 6.45) is -0.0859. The highest BCUT2D eigenvalue weighted by Crippen LogP contribution is 2.21. The lowest BCUT2D eigenvalue weighted by atomic mass is 9.95. The molecule has 3 N–H and O–H groups in total.